The largest absolute Gasteiger partial charge is 0.481 e. The zero-order valence-electron chi connectivity index (χ0n) is 8.60. The monoisotopic (exact) mass is 211 g/mol. The second kappa shape index (κ2) is 4.59. The Morgan fingerprint density at radius 2 is 2.33 bits per heavy atom. The summed E-state index contributed by atoms with van der Waals surface area (Å²) < 4.78 is 1.76. The highest BCUT2D eigenvalue weighted by Crippen LogP contribution is 1.97. The first-order chi connectivity index (χ1) is 7.02. The van der Waals surface area contributed by atoms with Crippen molar-refractivity contribution in [1.82, 2.24) is 14.9 Å². The Balaban J connectivity index is 2.48. The number of nitrogens with one attached hydrogen (secondary N) is 1. The van der Waals surface area contributed by atoms with E-state index in [2.05, 4.69) is 10.3 Å². The van der Waals surface area contributed by atoms with Gasteiger partial charge >= 0.3 is 5.97 Å². The van der Waals surface area contributed by atoms with Crippen molar-refractivity contribution in [3.8, 4) is 0 Å². The van der Waals surface area contributed by atoms with E-state index in [1.807, 2.05) is 0 Å². The molecule has 6 heteroatoms. The van der Waals surface area contributed by atoms with Crippen LogP contribution in [0.3, 0.4) is 0 Å². The minimum atomic E-state index is -1.13. The van der Waals surface area contributed by atoms with Gasteiger partial charge in [-0.15, -0.1) is 0 Å². The maximum absolute atomic E-state index is 11.3. The number of aliphatic carboxylic acids is 1. The molecule has 0 aliphatic carbocycles. The number of carboxylic acid groups (broad SMARTS) is 1. The fourth-order valence-electron chi connectivity index (χ4n) is 0.998. The molecule has 1 heterocycles. The fraction of sp³-hybridized carbons (Fsp3) is 0.444. The van der Waals surface area contributed by atoms with Gasteiger partial charge in [-0.05, 0) is 6.92 Å². The summed E-state index contributed by atoms with van der Waals surface area (Å²) in [5, 5.41) is 11.1. The Morgan fingerprint density at radius 1 is 1.67 bits per heavy atom. The molecule has 15 heavy (non-hydrogen) atoms. The Hall–Kier alpha value is -1.85. The number of rotatable bonds is 4. The predicted molar refractivity (Wildman–Crippen MR) is 51.9 cm³/mol. The maximum atomic E-state index is 11.3. The van der Waals surface area contributed by atoms with Gasteiger partial charge in [-0.1, -0.05) is 0 Å². The highest BCUT2D eigenvalue weighted by atomic mass is 16.4. The molecule has 6 nitrogen and oxygen atoms in total. The Bertz CT molecular complexity index is 372. The average Bonchev–Trinajstić information content (AvgIpc) is 2.59. The van der Waals surface area contributed by atoms with Crippen LogP contribution in [0.1, 0.15) is 12.7 Å². The van der Waals surface area contributed by atoms with E-state index < -0.39 is 17.8 Å². The smallest absolute Gasteiger partial charge is 0.315 e. The summed E-state index contributed by atoms with van der Waals surface area (Å²) in [6, 6.07) is 0. The van der Waals surface area contributed by atoms with Gasteiger partial charge in [0.25, 0.3) is 0 Å². The lowest BCUT2D eigenvalue weighted by atomic mass is 10.2. The van der Waals surface area contributed by atoms with E-state index in [9.17, 15) is 9.59 Å². The molecule has 1 aromatic heterocycles. The molecule has 1 rings (SSSR count). The number of aryl methyl sites for hydroxylation is 1. The Morgan fingerprint density at radius 3 is 2.80 bits per heavy atom. The van der Waals surface area contributed by atoms with E-state index in [-0.39, 0.29) is 6.54 Å². The first kappa shape index (κ1) is 11.2. The first-order valence-electron chi connectivity index (χ1n) is 4.49. The number of imidazole rings is 1. The molecule has 0 spiro atoms. The predicted octanol–water partition coefficient (Wildman–Crippen LogP) is -0.243. The van der Waals surface area contributed by atoms with Crippen molar-refractivity contribution in [2.75, 3.05) is 0 Å². The van der Waals surface area contributed by atoms with Crippen LogP contribution in [-0.2, 0) is 23.2 Å². The van der Waals surface area contributed by atoms with Crippen LogP contribution in [0.4, 0.5) is 0 Å². The maximum Gasteiger partial charge on any atom is 0.315 e. The Labute approximate surface area is 86.9 Å². The van der Waals surface area contributed by atoms with Crippen molar-refractivity contribution in [2.24, 2.45) is 13.0 Å². The van der Waals surface area contributed by atoms with E-state index in [1.165, 1.54) is 6.92 Å². The van der Waals surface area contributed by atoms with E-state index in [0.717, 1.165) is 0 Å². The summed E-state index contributed by atoms with van der Waals surface area (Å²) in [5.74, 6) is -2.00. The number of carboxylic acids is 1. The zero-order valence-corrected chi connectivity index (χ0v) is 8.60. The van der Waals surface area contributed by atoms with Crippen molar-refractivity contribution in [3.63, 3.8) is 0 Å². The minimum absolute atomic E-state index is 0.236. The lowest BCUT2D eigenvalue weighted by Crippen LogP contribution is -2.33. The third-order valence-corrected chi connectivity index (χ3v) is 2.11. The molecule has 1 atom stereocenters. The van der Waals surface area contributed by atoms with Gasteiger partial charge < -0.3 is 15.0 Å². The quantitative estimate of drug-likeness (QED) is 0.673. The second-order valence-electron chi connectivity index (χ2n) is 3.23. The summed E-state index contributed by atoms with van der Waals surface area (Å²) in [6.07, 6.45) is 3.37. The lowest BCUT2D eigenvalue weighted by Gasteiger charge is -2.07. The molecular weight excluding hydrogens is 198 g/mol. The van der Waals surface area contributed by atoms with Gasteiger partial charge in [0.05, 0.1) is 6.54 Å². The van der Waals surface area contributed by atoms with Crippen LogP contribution in [0.25, 0.3) is 0 Å². The molecule has 0 radical (unpaired) electrons. The van der Waals surface area contributed by atoms with Gasteiger partial charge in [0.1, 0.15) is 11.7 Å². The molecule has 0 aliphatic heterocycles. The van der Waals surface area contributed by atoms with Crippen molar-refractivity contribution in [3.05, 3.63) is 18.2 Å². The van der Waals surface area contributed by atoms with Gasteiger partial charge in [-0.2, -0.15) is 0 Å². The number of aromatic nitrogens is 2. The summed E-state index contributed by atoms with van der Waals surface area (Å²) in [4.78, 5) is 25.7. The summed E-state index contributed by atoms with van der Waals surface area (Å²) in [6.45, 7) is 1.58. The van der Waals surface area contributed by atoms with Crippen molar-refractivity contribution in [2.45, 2.75) is 13.5 Å². The van der Waals surface area contributed by atoms with Gasteiger partial charge in [0.2, 0.25) is 5.91 Å². The number of carbonyl (C=O) groups excluding carboxylic acids is 1. The number of carbonyl (C=O) groups is 2. The van der Waals surface area contributed by atoms with Crippen LogP contribution >= 0.6 is 0 Å². The van der Waals surface area contributed by atoms with Gasteiger partial charge in [0.15, 0.2) is 0 Å². The Kier molecular flexibility index (Phi) is 3.43. The molecular formula is C9H13N3O3. The summed E-state index contributed by atoms with van der Waals surface area (Å²) in [5.41, 5.74) is 0. The van der Waals surface area contributed by atoms with Crippen molar-refractivity contribution >= 4 is 11.9 Å². The van der Waals surface area contributed by atoms with Crippen LogP contribution in [0.2, 0.25) is 0 Å². The summed E-state index contributed by atoms with van der Waals surface area (Å²) in [7, 11) is 1.80. The molecule has 1 amide bonds. The first-order valence-corrected chi connectivity index (χ1v) is 4.49. The molecule has 82 valence electrons. The number of nitrogens with zero attached hydrogens (tertiary/aromatic N) is 2. The highest BCUT2D eigenvalue weighted by Gasteiger charge is 2.20. The van der Waals surface area contributed by atoms with E-state index >= 15 is 0 Å². The molecule has 0 saturated heterocycles. The van der Waals surface area contributed by atoms with E-state index in [4.69, 9.17) is 5.11 Å². The highest BCUT2D eigenvalue weighted by molar-refractivity contribution is 5.96. The zero-order chi connectivity index (χ0) is 11.4. The van der Waals surface area contributed by atoms with E-state index in [1.54, 1.807) is 24.0 Å². The molecule has 0 saturated carbocycles. The SMILES string of the molecule is CC(C(=O)O)C(=O)NCc1nccn1C. The average molecular weight is 211 g/mol. The second-order valence-corrected chi connectivity index (χ2v) is 3.23. The van der Waals surface area contributed by atoms with Crippen LogP contribution in [0.15, 0.2) is 12.4 Å². The lowest BCUT2D eigenvalue weighted by molar-refractivity contribution is -0.146. The van der Waals surface area contributed by atoms with Crippen molar-refractivity contribution < 1.29 is 14.7 Å². The topological polar surface area (TPSA) is 84.2 Å². The number of hydrogen-bond donors (Lipinski definition) is 2. The molecule has 0 bridgehead atoms. The minimum Gasteiger partial charge on any atom is -0.481 e. The van der Waals surface area contributed by atoms with Crippen LogP contribution in [-0.4, -0.2) is 26.5 Å². The molecule has 2 N–H and O–H groups in total. The standard InChI is InChI=1S/C9H13N3O3/c1-6(9(14)15)8(13)11-5-7-10-3-4-12(7)2/h3-4,6H,5H2,1-2H3,(H,11,13)(H,14,15). The molecule has 1 aromatic rings. The number of amides is 1. The summed E-state index contributed by atoms with van der Waals surface area (Å²) >= 11 is 0. The van der Waals surface area contributed by atoms with Crippen LogP contribution < -0.4 is 5.32 Å². The molecule has 0 fully saturated rings. The fourth-order valence-corrected chi connectivity index (χ4v) is 0.998. The van der Waals surface area contributed by atoms with Crippen molar-refractivity contribution in [1.29, 1.82) is 0 Å². The van der Waals surface area contributed by atoms with Crippen LogP contribution in [0, 0.1) is 5.92 Å². The molecule has 0 aromatic carbocycles. The van der Waals surface area contributed by atoms with Gasteiger partial charge in [-0.3, -0.25) is 9.59 Å². The van der Waals surface area contributed by atoms with Gasteiger partial charge in [-0.25, -0.2) is 4.98 Å². The van der Waals surface area contributed by atoms with Gasteiger partial charge in [0, 0.05) is 19.4 Å². The molecule has 1 unspecified atom stereocenters. The van der Waals surface area contributed by atoms with E-state index in [0.29, 0.717) is 5.82 Å². The third-order valence-electron chi connectivity index (χ3n) is 2.11. The molecule has 0 aliphatic rings. The van der Waals surface area contributed by atoms with Crippen LogP contribution in [0.5, 0.6) is 0 Å². The normalized spacial score (nSPS) is 12.1. The number of hydrogen-bond acceptors (Lipinski definition) is 3. The third kappa shape index (κ3) is 2.80.